The smallest absolute Gasteiger partial charge is 0.267 e. The van der Waals surface area contributed by atoms with Gasteiger partial charge in [-0.15, -0.1) is 0 Å². The molecule has 0 unspecified atom stereocenters. The summed E-state index contributed by atoms with van der Waals surface area (Å²) in [5, 5.41) is 14.9. The summed E-state index contributed by atoms with van der Waals surface area (Å²) in [6, 6.07) is 13.0. The Morgan fingerprint density at radius 3 is 2.75 bits per heavy atom. The van der Waals surface area contributed by atoms with Gasteiger partial charge in [-0.25, -0.2) is 4.98 Å². The van der Waals surface area contributed by atoms with E-state index in [0.29, 0.717) is 11.5 Å². The number of nitrogens with one attached hydrogen (secondary N) is 2. The summed E-state index contributed by atoms with van der Waals surface area (Å²) in [5.74, 6) is 0.334. The van der Waals surface area contributed by atoms with Gasteiger partial charge in [0, 0.05) is 22.6 Å². The third kappa shape index (κ3) is 4.67. The van der Waals surface area contributed by atoms with Crippen molar-refractivity contribution in [2.45, 2.75) is 19.8 Å². The zero-order valence-corrected chi connectivity index (χ0v) is 15.0. The predicted molar refractivity (Wildman–Crippen MR) is 98.4 cm³/mol. The number of rotatable bonds is 5. The number of nitriles is 1. The van der Waals surface area contributed by atoms with Crippen molar-refractivity contribution in [3.05, 3.63) is 64.4 Å². The molecule has 5 nitrogen and oxygen atoms in total. The van der Waals surface area contributed by atoms with Crippen molar-refractivity contribution >= 4 is 33.3 Å². The molecule has 2 aromatic rings. The highest BCUT2D eigenvalue weighted by atomic mass is 79.9. The van der Waals surface area contributed by atoms with E-state index < -0.39 is 5.91 Å². The molecule has 0 aliphatic carbocycles. The Bertz CT molecular complexity index is 809. The van der Waals surface area contributed by atoms with Gasteiger partial charge in [-0.05, 0) is 29.7 Å². The molecule has 0 bridgehead atoms. The normalized spacial score (nSPS) is 11.0. The highest BCUT2D eigenvalue weighted by Crippen LogP contribution is 2.24. The molecule has 0 saturated heterocycles. The van der Waals surface area contributed by atoms with E-state index in [1.807, 2.05) is 44.2 Å². The van der Waals surface area contributed by atoms with Crippen LogP contribution in [0, 0.1) is 11.3 Å². The van der Waals surface area contributed by atoms with Crippen molar-refractivity contribution < 1.29 is 4.79 Å². The lowest BCUT2D eigenvalue weighted by molar-refractivity contribution is -0.112. The van der Waals surface area contributed by atoms with Crippen LogP contribution in [0.3, 0.4) is 0 Å². The second-order valence-corrected chi connectivity index (χ2v) is 6.29. The standard InChI is InChI=1S/C18H17BrN4O/c1-12(2)15-5-3-4-6-16(15)23-18(24)13(10-20)11-22-17-9-14(19)7-8-21-17/h3-9,11-12H,1-2H3,(H,21,22)(H,23,24)/b13-11-. The van der Waals surface area contributed by atoms with Gasteiger partial charge in [-0.3, -0.25) is 4.79 Å². The summed E-state index contributed by atoms with van der Waals surface area (Å²) >= 11 is 3.34. The van der Waals surface area contributed by atoms with Crippen LogP contribution in [0.25, 0.3) is 0 Å². The number of aromatic nitrogens is 1. The van der Waals surface area contributed by atoms with Crippen LogP contribution in [0.1, 0.15) is 25.3 Å². The lowest BCUT2D eigenvalue weighted by Crippen LogP contribution is -2.16. The fourth-order valence-corrected chi connectivity index (χ4v) is 2.42. The number of hydrogen-bond acceptors (Lipinski definition) is 4. The number of carbonyl (C=O) groups excluding carboxylic acids is 1. The van der Waals surface area contributed by atoms with Crippen LogP contribution in [-0.2, 0) is 4.79 Å². The van der Waals surface area contributed by atoms with Crippen molar-refractivity contribution in [3.63, 3.8) is 0 Å². The molecule has 0 aliphatic heterocycles. The second-order valence-electron chi connectivity index (χ2n) is 5.37. The van der Waals surface area contributed by atoms with E-state index in [-0.39, 0.29) is 11.5 Å². The van der Waals surface area contributed by atoms with Gasteiger partial charge in [0.1, 0.15) is 17.5 Å². The van der Waals surface area contributed by atoms with Gasteiger partial charge in [-0.2, -0.15) is 5.26 Å². The molecule has 1 heterocycles. The van der Waals surface area contributed by atoms with E-state index in [9.17, 15) is 10.1 Å². The number of halogens is 1. The van der Waals surface area contributed by atoms with Crippen molar-refractivity contribution in [2.75, 3.05) is 10.6 Å². The lowest BCUT2D eigenvalue weighted by atomic mass is 10.0. The molecule has 0 spiro atoms. The Labute approximate surface area is 149 Å². The fourth-order valence-electron chi connectivity index (χ4n) is 2.08. The molecule has 1 aromatic heterocycles. The van der Waals surface area contributed by atoms with Gasteiger partial charge >= 0.3 is 0 Å². The highest BCUT2D eigenvalue weighted by molar-refractivity contribution is 9.10. The first-order valence-electron chi connectivity index (χ1n) is 7.40. The Balaban J connectivity index is 2.15. The van der Waals surface area contributed by atoms with Gasteiger partial charge in [-0.1, -0.05) is 48.0 Å². The molecule has 0 aliphatic rings. The van der Waals surface area contributed by atoms with E-state index in [4.69, 9.17) is 0 Å². The number of carbonyl (C=O) groups is 1. The minimum atomic E-state index is -0.465. The molecule has 0 radical (unpaired) electrons. The fraction of sp³-hybridized carbons (Fsp3) is 0.167. The number of para-hydroxylation sites is 1. The molecule has 1 amide bonds. The third-order valence-corrected chi connectivity index (χ3v) is 3.78. The van der Waals surface area contributed by atoms with E-state index in [2.05, 4.69) is 31.5 Å². The van der Waals surface area contributed by atoms with E-state index in [0.717, 1.165) is 10.0 Å². The van der Waals surface area contributed by atoms with Crippen LogP contribution in [0.4, 0.5) is 11.5 Å². The predicted octanol–water partition coefficient (Wildman–Crippen LogP) is 4.43. The minimum Gasteiger partial charge on any atom is -0.345 e. The molecule has 2 rings (SSSR count). The number of hydrogen-bond donors (Lipinski definition) is 2. The van der Waals surface area contributed by atoms with Crippen LogP contribution in [-0.4, -0.2) is 10.9 Å². The first-order chi connectivity index (χ1) is 11.5. The minimum absolute atomic E-state index is 0.0321. The molecule has 0 saturated carbocycles. The topological polar surface area (TPSA) is 77.8 Å². The van der Waals surface area contributed by atoms with Crippen LogP contribution in [0.5, 0.6) is 0 Å². The Morgan fingerprint density at radius 1 is 1.33 bits per heavy atom. The summed E-state index contributed by atoms with van der Waals surface area (Å²) < 4.78 is 0.849. The average molecular weight is 385 g/mol. The molecule has 2 N–H and O–H groups in total. The van der Waals surface area contributed by atoms with Gasteiger partial charge < -0.3 is 10.6 Å². The number of nitrogens with zero attached hydrogens (tertiary/aromatic N) is 2. The molecule has 6 heteroatoms. The van der Waals surface area contributed by atoms with Crippen molar-refractivity contribution in [3.8, 4) is 6.07 Å². The van der Waals surface area contributed by atoms with Gasteiger partial charge in [0.15, 0.2) is 0 Å². The summed E-state index contributed by atoms with van der Waals surface area (Å²) in [4.78, 5) is 16.4. The van der Waals surface area contributed by atoms with Crippen LogP contribution >= 0.6 is 15.9 Å². The molecule has 0 atom stereocenters. The molecular weight excluding hydrogens is 368 g/mol. The zero-order valence-electron chi connectivity index (χ0n) is 13.4. The summed E-state index contributed by atoms with van der Waals surface area (Å²) in [5.41, 5.74) is 1.69. The molecule has 0 fully saturated rings. The van der Waals surface area contributed by atoms with Crippen molar-refractivity contribution in [1.29, 1.82) is 5.26 Å². The highest BCUT2D eigenvalue weighted by Gasteiger charge is 2.13. The quantitative estimate of drug-likeness (QED) is 0.590. The second kappa shape index (κ2) is 8.27. The largest absolute Gasteiger partial charge is 0.345 e. The van der Waals surface area contributed by atoms with Crippen molar-refractivity contribution in [1.82, 2.24) is 4.98 Å². The van der Waals surface area contributed by atoms with Crippen LogP contribution < -0.4 is 10.6 Å². The summed E-state index contributed by atoms with van der Waals surface area (Å²) in [6.45, 7) is 4.10. The van der Waals surface area contributed by atoms with Crippen LogP contribution in [0.2, 0.25) is 0 Å². The Kier molecular flexibility index (Phi) is 6.10. The van der Waals surface area contributed by atoms with E-state index >= 15 is 0 Å². The Hall–Kier alpha value is -2.65. The first-order valence-corrected chi connectivity index (χ1v) is 8.19. The van der Waals surface area contributed by atoms with Crippen LogP contribution in [0.15, 0.2) is 58.8 Å². The van der Waals surface area contributed by atoms with Gasteiger partial charge in [0.2, 0.25) is 0 Å². The average Bonchev–Trinajstić information content (AvgIpc) is 2.55. The maximum absolute atomic E-state index is 12.3. The van der Waals surface area contributed by atoms with Gasteiger partial charge in [0.05, 0.1) is 0 Å². The van der Waals surface area contributed by atoms with Crippen molar-refractivity contribution in [2.24, 2.45) is 0 Å². The maximum atomic E-state index is 12.3. The third-order valence-electron chi connectivity index (χ3n) is 3.28. The molecule has 24 heavy (non-hydrogen) atoms. The number of benzene rings is 1. The Morgan fingerprint density at radius 2 is 2.08 bits per heavy atom. The summed E-state index contributed by atoms with van der Waals surface area (Å²) in [6.07, 6.45) is 2.97. The number of pyridine rings is 1. The monoisotopic (exact) mass is 384 g/mol. The maximum Gasteiger partial charge on any atom is 0.267 e. The zero-order chi connectivity index (χ0) is 17.5. The molecule has 122 valence electrons. The summed E-state index contributed by atoms with van der Waals surface area (Å²) in [7, 11) is 0. The first kappa shape index (κ1) is 17.7. The van der Waals surface area contributed by atoms with E-state index in [1.54, 1.807) is 18.3 Å². The molecular formula is C18H17BrN4O. The number of anilines is 2. The number of amides is 1. The molecule has 1 aromatic carbocycles. The van der Waals surface area contributed by atoms with E-state index in [1.165, 1.54) is 6.20 Å². The van der Waals surface area contributed by atoms with Gasteiger partial charge in [0.25, 0.3) is 5.91 Å². The SMILES string of the molecule is CC(C)c1ccccc1NC(=O)/C(C#N)=C\Nc1cc(Br)ccn1. The lowest BCUT2D eigenvalue weighted by Gasteiger charge is -2.13.